The molecule has 30 heavy (non-hydrogen) atoms. The number of ether oxygens (including phenoxy) is 1. The molecule has 6 nitrogen and oxygen atoms in total. The maximum Gasteiger partial charge on any atom is 0.496 e. The standard InChI is InChI=1S/C23H28BN3O3/c1-22(2)23(3,4)30-24(29-22)18-11-17-13-26-21(12-20(17)25-14-18)27(5)15-16-7-9-19(28-6)10-8-16/h7-14H,15H2,1-6H3. The van der Waals surface area contributed by atoms with Crippen LogP contribution in [0.4, 0.5) is 5.82 Å². The molecule has 0 atom stereocenters. The van der Waals surface area contributed by atoms with Crippen molar-refractivity contribution in [3.8, 4) is 5.75 Å². The molecule has 0 spiro atoms. The second-order valence-electron chi connectivity index (χ2n) is 8.80. The van der Waals surface area contributed by atoms with Gasteiger partial charge in [0.15, 0.2) is 0 Å². The molecule has 0 bridgehead atoms. The highest BCUT2D eigenvalue weighted by molar-refractivity contribution is 6.62. The largest absolute Gasteiger partial charge is 0.497 e. The molecule has 1 aliphatic heterocycles. The third-order valence-electron chi connectivity index (χ3n) is 6.07. The van der Waals surface area contributed by atoms with Gasteiger partial charge in [0.2, 0.25) is 0 Å². The van der Waals surface area contributed by atoms with Gasteiger partial charge in [-0.25, -0.2) is 4.98 Å². The number of nitrogens with zero attached hydrogens (tertiary/aromatic N) is 3. The molecule has 3 heterocycles. The van der Waals surface area contributed by atoms with Gasteiger partial charge in [0.05, 0.1) is 23.8 Å². The lowest BCUT2D eigenvalue weighted by Gasteiger charge is -2.32. The first-order chi connectivity index (χ1) is 14.2. The van der Waals surface area contributed by atoms with Gasteiger partial charge < -0.3 is 18.9 Å². The van der Waals surface area contributed by atoms with Crippen LogP contribution < -0.4 is 15.1 Å². The average Bonchev–Trinajstić information content (AvgIpc) is 2.95. The minimum atomic E-state index is -0.427. The molecular formula is C23H28BN3O3. The van der Waals surface area contributed by atoms with Crippen LogP contribution in [0.15, 0.2) is 48.8 Å². The van der Waals surface area contributed by atoms with Gasteiger partial charge in [-0.2, -0.15) is 0 Å². The molecule has 0 amide bonds. The Bertz CT molecular complexity index is 1040. The van der Waals surface area contributed by atoms with Crippen LogP contribution in [0.2, 0.25) is 0 Å². The van der Waals surface area contributed by atoms with Crippen molar-refractivity contribution in [2.45, 2.75) is 45.4 Å². The van der Waals surface area contributed by atoms with Gasteiger partial charge in [-0.1, -0.05) is 12.1 Å². The number of pyridine rings is 2. The van der Waals surface area contributed by atoms with Crippen molar-refractivity contribution < 1.29 is 14.0 Å². The van der Waals surface area contributed by atoms with E-state index in [0.717, 1.165) is 34.5 Å². The van der Waals surface area contributed by atoms with Crippen LogP contribution in [-0.2, 0) is 15.9 Å². The zero-order chi connectivity index (χ0) is 21.5. The van der Waals surface area contributed by atoms with E-state index in [2.05, 4.69) is 27.0 Å². The number of hydrogen-bond donors (Lipinski definition) is 0. The molecule has 156 valence electrons. The summed E-state index contributed by atoms with van der Waals surface area (Å²) in [6.45, 7) is 8.94. The predicted octanol–water partition coefficient (Wildman–Crippen LogP) is 3.57. The van der Waals surface area contributed by atoms with Crippen LogP contribution in [0.3, 0.4) is 0 Å². The Kier molecular flexibility index (Phi) is 5.20. The van der Waals surface area contributed by atoms with Crippen molar-refractivity contribution in [2.75, 3.05) is 19.1 Å². The molecule has 0 N–H and O–H groups in total. The van der Waals surface area contributed by atoms with Crippen LogP contribution in [0.1, 0.15) is 33.3 Å². The topological polar surface area (TPSA) is 56.7 Å². The average molecular weight is 405 g/mol. The summed E-state index contributed by atoms with van der Waals surface area (Å²) < 4.78 is 17.5. The first-order valence-electron chi connectivity index (χ1n) is 10.1. The van der Waals surface area contributed by atoms with Crippen molar-refractivity contribution in [1.29, 1.82) is 0 Å². The number of aromatic nitrogens is 2. The Balaban J connectivity index is 1.53. The van der Waals surface area contributed by atoms with Gasteiger partial charge in [0.1, 0.15) is 11.6 Å². The predicted molar refractivity (Wildman–Crippen MR) is 120 cm³/mol. The molecule has 1 fully saturated rings. The summed E-state index contributed by atoms with van der Waals surface area (Å²) in [6.07, 6.45) is 3.69. The lowest BCUT2D eigenvalue weighted by Crippen LogP contribution is -2.41. The number of anilines is 1. The van der Waals surface area contributed by atoms with Crippen LogP contribution >= 0.6 is 0 Å². The van der Waals surface area contributed by atoms with E-state index in [-0.39, 0.29) is 11.2 Å². The van der Waals surface area contributed by atoms with Crippen molar-refractivity contribution in [1.82, 2.24) is 9.97 Å². The minimum absolute atomic E-state index is 0.376. The Hall–Kier alpha value is -2.64. The van der Waals surface area contributed by atoms with Gasteiger partial charge in [-0.3, -0.25) is 4.98 Å². The number of rotatable bonds is 5. The van der Waals surface area contributed by atoms with E-state index in [1.54, 1.807) is 7.11 Å². The Morgan fingerprint density at radius 2 is 1.63 bits per heavy atom. The van der Waals surface area contributed by atoms with E-state index in [0.29, 0.717) is 0 Å². The summed E-state index contributed by atoms with van der Waals surface area (Å²) >= 11 is 0. The summed E-state index contributed by atoms with van der Waals surface area (Å²) in [5, 5.41) is 0.962. The Morgan fingerprint density at radius 1 is 0.967 bits per heavy atom. The highest BCUT2D eigenvalue weighted by Crippen LogP contribution is 2.36. The summed E-state index contributed by atoms with van der Waals surface area (Å²) in [4.78, 5) is 11.4. The van der Waals surface area contributed by atoms with Crippen molar-refractivity contribution >= 4 is 29.3 Å². The third kappa shape index (κ3) is 3.87. The van der Waals surface area contributed by atoms with Crippen molar-refractivity contribution in [3.05, 3.63) is 54.4 Å². The summed E-state index contributed by atoms with van der Waals surface area (Å²) in [5.74, 6) is 1.72. The fourth-order valence-corrected chi connectivity index (χ4v) is 3.43. The van der Waals surface area contributed by atoms with E-state index in [1.165, 1.54) is 5.56 Å². The maximum atomic E-state index is 6.14. The van der Waals surface area contributed by atoms with E-state index >= 15 is 0 Å². The molecule has 4 rings (SSSR count). The molecule has 0 unspecified atom stereocenters. The second-order valence-corrected chi connectivity index (χ2v) is 8.80. The number of methoxy groups -OCH3 is 1. The normalized spacial score (nSPS) is 17.3. The first kappa shape index (κ1) is 20.6. The zero-order valence-electron chi connectivity index (χ0n) is 18.5. The van der Waals surface area contributed by atoms with Gasteiger partial charge in [-0.05, 0) is 51.5 Å². The SMILES string of the molecule is COc1ccc(CN(C)c2cc3ncc(B4OC(C)(C)C(C)(C)O4)cc3cn2)cc1. The molecule has 2 aromatic heterocycles. The van der Waals surface area contributed by atoms with E-state index in [9.17, 15) is 0 Å². The second kappa shape index (κ2) is 7.56. The van der Waals surface area contributed by atoms with Crippen molar-refractivity contribution in [3.63, 3.8) is 0 Å². The first-order valence-corrected chi connectivity index (χ1v) is 10.1. The number of benzene rings is 1. The van der Waals surface area contributed by atoms with Crippen LogP contribution in [0, 0.1) is 0 Å². The highest BCUT2D eigenvalue weighted by atomic mass is 16.7. The fourth-order valence-electron chi connectivity index (χ4n) is 3.43. The smallest absolute Gasteiger partial charge is 0.496 e. The van der Waals surface area contributed by atoms with E-state index in [4.69, 9.17) is 14.0 Å². The molecule has 0 aliphatic carbocycles. The molecule has 1 aromatic carbocycles. The van der Waals surface area contributed by atoms with Gasteiger partial charge >= 0.3 is 7.12 Å². The minimum Gasteiger partial charge on any atom is -0.497 e. The molecule has 1 aliphatic rings. The maximum absolute atomic E-state index is 6.14. The van der Waals surface area contributed by atoms with Gasteiger partial charge in [-0.15, -0.1) is 0 Å². The molecule has 0 saturated carbocycles. The summed E-state index contributed by atoms with van der Waals surface area (Å²) in [7, 11) is 3.27. The Morgan fingerprint density at radius 3 is 2.27 bits per heavy atom. The van der Waals surface area contributed by atoms with E-state index in [1.807, 2.05) is 71.4 Å². The Labute approximate surface area is 178 Å². The highest BCUT2D eigenvalue weighted by Gasteiger charge is 2.51. The molecule has 1 saturated heterocycles. The molecule has 7 heteroatoms. The van der Waals surface area contributed by atoms with Gasteiger partial charge in [0, 0.05) is 42.9 Å². The molecule has 0 radical (unpaired) electrons. The van der Waals surface area contributed by atoms with E-state index < -0.39 is 7.12 Å². The van der Waals surface area contributed by atoms with Crippen LogP contribution in [0.25, 0.3) is 10.9 Å². The van der Waals surface area contributed by atoms with Gasteiger partial charge in [0.25, 0.3) is 0 Å². The van der Waals surface area contributed by atoms with Crippen LogP contribution in [-0.4, -0.2) is 42.4 Å². The zero-order valence-corrected chi connectivity index (χ0v) is 18.5. The lowest BCUT2D eigenvalue weighted by molar-refractivity contribution is 0.00578. The fraction of sp³-hybridized carbons (Fsp3) is 0.391. The number of fused-ring (bicyclic) bond motifs is 1. The quantitative estimate of drug-likeness (QED) is 0.605. The van der Waals surface area contributed by atoms with Crippen molar-refractivity contribution in [2.24, 2.45) is 0 Å². The van der Waals surface area contributed by atoms with Crippen LogP contribution in [0.5, 0.6) is 5.75 Å². The monoisotopic (exact) mass is 405 g/mol. The number of hydrogen-bond acceptors (Lipinski definition) is 6. The third-order valence-corrected chi connectivity index (χ3v) is 6.07. The summed E-state index contributed by atoms with van der Waals surface area (Å²) in [6, 6.07) is 12.1. The lowest BCUT2D eigenvalue weighted by atomic mass is 9.80. The molecule has 3 aromatic rings. The summed E-state index contributed by atoms with van der Waals surface area (Å²) in [5.41, 5.74) is 2.23. The molecular weight excluding hydrogens is 377 g/mol.